The van der Waals surface area contributed by atoms with Crippen molar-refractivity contribution in [2.24, 2.45) is 17.3 Å². The van der Waals surface area contributed by atoms with Gasteiger partial charge in [0, 0.05) is 5.92 Å². The predicted molar refractivity (Wildman–Crippen MR) is 72.6 cm³/mol. The second kappa shape index (κ2) is 4.09. The van der Waals surface area contributed by atoms with E-state index in [1.165, 1.54) is 31.2 Å². The molecule has 3 fully saturated rings. The number of hydrogen-bond donors (Lipinski definition) is 0. The Bertz CT molecular complexity index is 495. The summed E-state index contributed by atoms with van der Waals surface area (Å²) in [5.74, 6) is 1.79. The SMILES string of the molecule is O=C1OCC[C@@]12C1CCCCC1[C@@H]2c1ccccc1. The fourth-order valence-corrected chi connectivity index (χ4v) is 5.07. The zero-order chi connectivity index (χ0) is 12.9. The lowest BCUT2D eigenvalue weighted by Gasteiger charge is -2.60. The molecule has 0 aromatic heterocycles. The van der Waals surface area contributed by atoms with Crippen LogP contribution in [0.1, 0.15) is 43.6 Å². The Labute approximate surface area is 114 Å². The maximum absolute atomic E-state index is 12.4. The first kappa shape index (κ1) is 11.5. The van der Waals surface area contributed by atoms with Crippen molar-refractivity contribution in [2.75, 3.05) is 6.61 Å². The topological polar surface area (TPSA) is 26.3 Å². The lowest BCUT2D eigenvalue weighted by Crippen LogP contribution is -2.58. The van der Waals surface area contributed by atoms with E-state index in [2.05, 4.69) is 30.3 Å². The monoisotopic (exact) mass is 256 g/mol. The number of cyclic esters (lactones) is 1. The van der Waals surface area contributed by atoms with Crippen LogP contribution in [-0.2, 0) is 9.53 Å². The van der Waals surface area contributed by atoms with Gasteiger partial charge in [0.15, 0.2) is 0 Å². The molecule has 1 saturated heterocycles. The molecule has 0 amide bonds. The molecule has 1 heterocycles. The second-order valence-corrected chi connectivity index (χ2v) is 6.37. The van der Waals surface area contributed by atoms with Crippen molar-refractivity contribution >= 4 is 5.97 Å². The number of hydrogen-bond acceptors (Lipinski definition) is 2. The molecule has 1 aromatic carbocycles. The molecule has 1 spiro atoms. The zero-order valence-electron chi connectivity index (χ0n) is 11.2. The van der Waals surface area contributed by atoms with Gasteiger partial charge in [0.1, 0.15) is 0 Å². The molecule has 4 rings (SSSR count). The van der Waals surface area contributed by atoms with Gasteiger partial charge in [-0.2, -0.15) is 0 Å². The van der Waals surface area contributed by atoms with Gasteiger partial charge < -0.3 is 4.74 Å². The van der Waals surface area contributed by atoms with Crippen LogP contribution < -0.4 is 0 Å². The van der Waals surface area contributed by atoms with Crippen LogP contribution in [0.2, 0.25) is 0 Å². The Morgan fingerprint density at radius 2 is 1.89 bits per heavy atom. The first-order valence-corrected chi connectivity index (χ1v) is 7.56. The van der Waals surface area contributed by atoms with Gasteiger partial charge in [-0.05, 0) is 36.7 Å². The van der Waals surface area contributed by atoms with E-state index in [4.69, 9.17) is 4.74 Å². The Morgan fingerprint density at radius 3 is 2.63 bits per heavy atom. The molecule has 2 nitrogen and oxygen atoms in total. The predicted octanol–water partition coefficient (Wildman–Crippen LogP) is 3.52. The first-order chi connectivity index (χ1) is 9.34. The number of fused-ring (bicyclic) bond motifs is 2. The summed E-state index contributed by atoms with van der Waals surface area (Å²) in [7, 11) is 0. The lowest BCUT2D eigenvalue weighted by atomic mass is 9.41. The molecule has 2 saturated carbocycles. The van der Waals surface area contributed by atoms with Crippen LogP contribution >= 0.6 is 0 Å². The highest BCUT2D eigenvalue weighted by atomic mass is 16.5. The van der Waals surface area contributed by atoms with E-state index in [9.17, 15) is 4.79 Å². The van der Waals surface area contributed by atoms with E-state index in [0.29, 0.717) is 24.4 Å². The smallest absolute Gasteiger partial charge is 0.313 e. The van der Waals surface area contributed by atoms with Crippen LogP contribution in [0.25, 0.3) is 0 Å². The first-order valence-electron chi connectivity index (χ1n) is 7.56. The summed E-state index contributed by atoms with van der Waals surface area (Å²) < 4.78 is 5.37. The standard InChI is InChI=1S/C17H20O2/c18-16-17(10-11-19-16)14-9-5-4-8-13(14)15(17)12-6-2-1-3-7-12/h1-3,6-7,13-15H,4-5,8-11H2/t13?,14?,15-,17-/m0/s1. The summed E-state index contributed by atoms with van der Waals surface area (Å²) in [6, 6.07) is 10.6. The molecular formula is C17H20O2. The molecular weight excluding hydrogens is 236 g/mol. The minimum Gasteiger partial charge on any atom is -0.465 e. The highest BCUT2D eigenvalue weighted by Crippen LogP contribution is 2.69. The fourth-order valence-electron chi connectivity index (χ4n) is 5.07. The average molecular weight is 256 g/mol. The van der Waals surface area contributed by atoms with Crippen LogP contribution in [0.4, 0.5) is 0 Å². The van der Waals surface area contributed by atoms with Crippen molar-refractivity contribution in [1.82, 2.24) is 0 Å². The highest BCUT2D eigenvalue weighted by molar-refractivity contribution is 5.82. The number of benzene rings is 1. The third-order valence-corrected chi connectivity index (χ3v) is 5.75. The van der Waals surface area contributed by atoms with E-state index in [1.54, 1.807) is 0 Å². The number of rotatable bonds is 1. The third kappa shape index (κ3) is 1.40. The van der Waals surface area contributed by atoms with Crippen molar-refractivity contribution in [3.8, 4) is 0 Å². The molecule has 1 aliphatic heterocycles. The maximum Gasteiger partial charge on any atom is 0.313 e. The van der Waals surface area contributed by atoms with Gasteiger partial charge in [0.25, 0.3) is 0 Å². The average Bonchev–Trinajstić information content (AvgIpc) is 2.84. The Kier molecular flexibility index (Phi) is 2.48. The minimum atomic E-state index is -0.174. The quantitative estimate of drug-likeness (QED) is 0.719. The number of carbonyl (C=O) groups excluding carboxylic acids is 1. The van der Waals surface area contributed by atoms with Gasteiger partial charge in [-0.25, -0.2) is 0 Å². The minimum absolute atomic E-state index is 0.0875. The second-order valence-electron chi connectivity index (χ2n) is 6.37. The fraction of sp³-hybridized carbons (Fsp3) is 0.588. The number of carbonyl (C=O) groups is 1. The molecule has 2 unspecified atom stereocenters. The Balaban J connectivity index is 1.77. The largest absolute Gasteiger partial charge is 0.465 e. The molecule has 100 valence electrons. The van der Waals surface area contributed by atoms with Gasteiger partial charge in [0.05, 0.1) is 12.0 Å². The van der Waals surface area contributed by atoms with Gasteiger partial charge in [-0.1, -0.05) is 43.2 Å². The highest BCUT2D eigenvalue weighted by Gasteiger charge is 2.68. The summed E-state index contributed by atoms with van der Waals surface area (Å²) in [6.07, 6.45) is 6.07. The molecule has 0 bridgehead atoms. The van der Waals surface area contributed by atoms with Crippen molar-refractivity contribution < 1.29 is 9.53 Å². The summed E-state index contributed by atoms with van der Waals surface area (Å²) in [5, 5.41) is 0. The number of ether oxygens (including phenoxy) is 1. The third-order valence-electron chi connectivity index (χ3n) is 5.75. The molecule has 0 N–H and O–H groups in total. The van der Waals surface area contributed by atoms with Crippen LogP contribution in [0.3, 0.4) is 0 Å². The molecule has 19 heavy (non-hydrogen) atoms. The van der Waals surface area contributed by atoms with Crippen LogP contribution in [0.5, 0.6) is 0 Å². The van der Waals surface area contributed by atoms with Crippen molar-refractivity contribution in [2.45, 2.75) is 38.0 Å². The molecule has 2 heteroatoms. The van der Waals surface area contributed by atoms with Crippen LogP contribution in [-0.4, -0.2) is 12.6 Å². The van der Waals surface area contributed by atoms with Gasteiger partial charge in [0.2, 0.25) is 0 Å². The molecule has 2 aliphatic carbocycles. The van der Waals surface area contributed by atoms with E-state index in [0.717, 1.165) is 6.42 Å². The summed E-state index contributed by atoms with van der Waals surface area (Å²) in [6.45, 7) is 0.630. The molecule has 0 radical (unpaired) electrons. The lowest BCUT2D eigenvalue weighted by molar-refractivity contribution is -0.169. The maximum atomic E-state index is 12.4. The van der Waals surface area contributed by atoms with Crippen molar-refractivity contribution in [1.29, 1.82) is 0 Å². The Hall–Kier alpha value is -1.31. The van der Waals surface area contributed by atoms with Crippen LogP contribution in [0.15, 0.2) is 30.3 Å². The summed E-state index contributed by atoms with van der Waals surface area (Å²) in [5.41, 5.74) is 1.18. The zero-order valence-corrected chi connectivity index (χ0v) is 11.2. The van der Waals surface area contributed by atoms with E-state index in [1.807, 2.05) is 0 Å². The molecule has 4 atom stereocenters. The van der Waals surface area contributed by atoms with Crippen LogP contribution in [0, 0.1) is 17.3 Å². The van der Waals surface area contributed by atoms with E-state index < -0.39 is 0 Å². The molecule has 1 aromatic rings. The normalized spacial score (nSPS) is 40.6. The number of esters is 1. The van der Waals surface area contributed by atoms with Crippen molar-refractivity contribution in [3.05, 3.63) is 35.9 Å². The van der Waals surface area contributed by atoms with E-state index >= 15 is 0 Å². The van der Waals surface area contributed by atoms with Gasteiger partial charge >= 0.3 is 5.97 Å². The van der Waals surface area contributed by atoms with Crippen molar-refractivity contribution in [3.63, 3.8) is 0 Å². The summed E-state index contributed by atoms with van der Waals surface area (Å²) in [4.78, 5) is 12.4. The molecule has 3 aliphatic rings. The summed E-state index contributed by atoms with van der Waals surface area (Å²) >= 11 is 0. The Morgan fingerprint density at radius 1 is 1.11 bits per heavy atom. The van der Waals surface area contributed by atoms with Gasteiger partial charge in [-0.3, -0.25) is 4.79 Å². The van der Waals surface area contributed by atoms with E-state index in [-0.39, 0.29) is 11.4 Å². The van der Waals surface area contributed by atoms with Gasteiger partial charge in [-0.15, -0.1) is 0 Å².